The molecule has 0 radical (unpaired) electrons. The number of amides is 1. The van der Waals surface area contributed by atoms with Crippen molar-refractivity contribution >= 4 is 37.5 Å². The maximum absolute atomic E-state index is 12.9. The van der Waals surface area contributed by atoms with Crippen molar-refractivity contribution in [2.45, 2.75) is 55.6 Å². The lowest BCUT2D eigenvalue weighted by Gasteiger charge is -2.41. The van der Waals surface area contributed by atoms with Gasteiger partial charge in [-0.2, -0.15) is 0 Å². The average Bonchev–Trinajstić information content (AvgIpc) is 2.69. The standard InChI is InChI=1S/C21H24BrN3O3S/c1-13-6-9-15(10-7-13)29(27,28)25-17-11-8-14(22)12-16(17)20-21(26)24-19-5-3-2-4-18(19)23-20/h6-12,18-20,23,25H,2-5H2,1H3,(H,24,26). The number of nitrogens with one attached hydrogen (secondary N) is 3. The van der Waals surface area contributed by atoms with Crippen LogP contribution in [0.1, 0.15) is 42.9 Å². The van der Waals surface area contributed by atoms with Crippen LogP contribution in [0, 0.1) is 6.92 Å². The Bertz CT molecular complexity index is 1020. The summed E-state index contributed by atoms with van der Waals surface area (Å²) >= 11 is 3.45. The summed E-state index contributed by atoms with van der Waals surface area (Å²) in [5, 5.41) is 6.57. The van der Waals surface area contributed by atoms with E-state index in [-0.39, 0.29) is 22.9 Å². The Hall–Kier alpha value is -1.90. The molecule has 3 atom stereocenters. The molecule has 1 saturated carbocycles. The average molecular weight is 478 g/mol. The predicted molar refractivity (Wildman–Crippen MR) is 116 cm³/mol. The second kappa shape index (κ2) is 8.08. The molecular formula is C21H24BrN3O3S. The number of piperazine rings is 1. The number of carbonyl (C=O) groups excluding carboxylic acids is 1. The van der Waals surface area contributed by atoms with Gasteiger partial charge in [0.25, 0.3) is 10.0 Å². The van der Waals surface area contributed by atoms with Crippen LogP contribution in [0.3, 0.4) is 0 Å². The van der Waals surface area contributed by atoms with Crippen molar-refractivity contribution in [3.63, 3.8) is 0 Å². The highest BCUT2D eigenvalue weighted by Gasteiger charge is 2.38. The summed E-state index contributed by atoms with van der Waals surface area (Å²) < 4.78 is 29.3. The molecule has 1 amide bonds. The fourth-order valence-corrected chi connectivity index (χ4v) is 5.54. The molecule has 2 aliphatic rings. The highest BCUT2D eigenvalue weighted by atomic mass is 79.9. The Morgan fingerprint density at radius 2 is 1.72 bits per heavy atom. The highest BCUT2D eigenvalue weighted by Crippen LogP contribution is 2.33. The first-order chi connectivity index (χ1) is 13.8. The van der Waals surface area contributed by atoms with Gasteiger partial charge in [-0.15, -0.1) is 0 Å². The maximum Gasteiger partial charge on any atom is 0.261 e. The smallest absolute Gasteiger partial charge is 0.261 e. The second-order valence-corrected chi connectivity index (χ2v) is 10.4. The van der Waals surface area contributed by atoms with Gasteiger partial charge in [-0.05, 0) is 50.1 Å². The zero-order valence-corrected chi connectivity index (χ0v) is 18.5. The number of aryl methyl sites for hydroxylation is 1. The molecule has 0 aromatic heterocycles. The van der Waals surface area contributed by atoms with Crippen LogP contribution >= 0.6 is 15.9 Å². The Balaban J connectivity index is 1.66. The van der Waals surface area contributed by atoms with Crippen LogP contribution in [0.5, 0.6) is 0 Å². The number of carbonyl (C=O) groups is 1. The first-order valence-corrected chi connectivity index (χ1v) is 12.1. The lowest BCUT2D eigenvalue weighted by molar-refractivity contribution is -0.127. The minimum atomic E-state index is -3.77. The highest BCUT2D eigenvalue weighted by molar-refractivity contribution is 9.10. The second-order valence-electron chi connectivity index (χ2n) is 7.76. The number of hydrogen-bond donors (Lipinski definition) is 3. The van der Waals surface area contributed by atoms with Crippen LogP contribution in [-0.4, -0.2) is 26.4 Å². The van der Waals surface area contributed by atoms with Gasteiger partial charge in [-0.1, -0.05) is 46.5 Å². The number of rotatable bonds is 4. The molecule has 8 heteroatoms. The van der Waals surface area contributed by atoms with Gasteiger partial charge in [0.2, 0.25) is 5.91 Å². The van der Waals surface area contributed by atoms with Gasteiger partial charge in [0.05, 0.1) is 10.6 Å². The number of fused-ring (bicyclic) bond motifs is 1. The molecule has 0 bridgehead atoms. The van der Waals surface area contributed by atoms with E-state index in [0.717, 1.165) is 35.7 Å². The molecule has 1 aliphatic heterocycles. The summed E-state index contributed by atoms with van der Waals surface area (Å²) in [4.78, 5) is 13.0. The Morgan fingerprint density at radius 3 is 2.45 bits per heavy atom. The molecule has 2 aromatic rings. The largest absolute Gasteiger partial charge is 0.350 e. The summed E-state index contributed by atoms with van der Waals surface area (Å²) in [6, 6.07) is 11.7. The number of benzene rings is 2. The van der Waals surface area contributed by atoms with E-state index in [4.69, 9.17) is 0 Å². The normalized spacial score (nSPS) is 24.5. The molecule has 154 valence electrons. The van der Waals surface area contributed by atoms with E-state index >= 15 is 0 Å². The van der Waals surface area contributed by atoms with E-state index in [0.29, 0.717) is 11.3 Å². The van der Waals surface area contributed by atoms with Gasteiger partial charge in [-0.3, -0.25) is 14.8 Å². The third-order valence-electron chi connectivity index (χ3n) is 5.64. The van der Waals surface area contributed by atoms with Crippen LogP contribution < -0.4 is 15.4 Å². The quantitative estimate of drug-likeness (QED) is 0.627. The Kier molecular flexibility index (Phi) is 5.68. The van der Waals surface area contributed by atoms with E-state index in [1.54, 1.807) is 42.5 Å². The fraction of sp³-hybridized carbons (Fsp3) is 0.381. The molecule has 3 N–H and O–H groups in total. The van der Waals surface area contributed by atoms with Gasteiger partial charge < -0.3 is 5.32 Å². The van der Waals surface area contributed by atoms with E-state index in [9.17, 15) is 13.2 Å². The summed E-state index contributed by atoms with van der Waals surface area (Å²) in [7, 11) is -3.77. The monoisotopic (exact) mass is 477 g/mol. The molecular weight excluding hydrogens is 454 g/mol. The molecule has 0 spiro atoms. The van der Waals surface area contributed by atoms with Crippen LogP contribution in [0.25, 0.3) is 0 Å². The first-order valence-electron chi connectivity index (χ1n) is 9.79. The molecule has 1 saturated heterocycles. The fourth-order valence-electron chi connectivity index (χ4n) is 4.08. The summed E-state index contributed by atoms with van der Waals surface area (Å²) in [6.07, 6.45) is 4.22. The van der Waals surface area contributed by atoms with Gasteiger partial charge in [0.15, 0.2) is 0 Å². The van der Waals surface area contributed by atoms with E-state index < -0.39 is 16.1 Å². The molecule has 2 aromatic carbocycles. The van der Waals surface area contributed by atoms with Crippen molar-refractivity contribution in [2.24, 2.45) is 0 Å². The third kappa shape index (κ3) is 4.34. The first kappa shape index (κ1) is 20.4. The molecule has 29 heavy (non-hydrogen) atoms. The molecule has 4 rings (SSSR count). The van der Waals surface area contributed by atoms with E-state index in [1.807, 2.05) is 6.92 Å². The maximum atomic E-state index is 12.9. The Labute approximate surface area is 179 Å². The van der Waals surface area contributed by atoms with E-state index in [2.05, 4.69) is 31.3 Å². The lowest BCUT2D eigenvalue weighted by atomic mass is 9.86. The van der Waals surface area contributed by atoms with Crippen LogP contribution in [0.2, 0.25) is 0 Å². The number of sulfonamides is 1. The molecule has 3 unspecified atom stereocenters. The minimum Gasteiger partial charge on any atom is -0.350 e. The zero-order chi connectivity index (χ0) is 20.6. The van der Waals surface area contributed by atoms with Gasteiger partial charge in [-0.25, -0.2) is 8.42 Å². The zero-order valence-electron chi connectivity index (χ0n) is 16.1. The van der Waals surface area contributed by atoms with Crippen molar-refractivity contribution in [1.29, 1.82) is 0 Å². The Morgan fingerprint density at radius 1 is 1.03 bits per heavy atom. The number of hydrogen-bond acceptors (Lipinski definition) is 4. The SMILES string of the molecule is Cc1ccc(S(=O)(=O)Nc2ccc(Br)cc2C2NC3CCCCC3NC2=O)cc1. The minimum absolute atomic E-state index is 0.123. The predicted octanol–water partition coefficient (Wildman–Crippen LogP) is 3.63. The summed E-state index contributed by atoms with van der Waals surface area (Å²) in [5.41, 5.74) is 1.99. The van der Waals surface area contributed by atoms with Crippen molar-refractivity contribution in [3.05, 3.63) is 58.1 Å². The van der Waals surface area contributed by atoms with E-state index in [1.165, 1.54) is 0 Å². The van der Waals surface area contributed by atoms with Crippen molar-refractivity contribution in [2.75, 3.05) is 4.72 Å². The van der Waals surface area contributed by atoms with Gasteiger partial charge in [0, 0.05) is 22.1 Å². The lowest BCUT2D eigenvalue weighted by Crippen LogP contribution is -2.61. The van der Waals surface area contributed by atoms with Crippen LogP contribution in [0.15, 0.2) is 51.8 Å². The molecule has 6 nitrogen and oxygen atoms in total. The summed E-state index contributed by atoms with van der Waals surface area (Å²) in [6.45, 7) is 1.91. The number of anilines is 1. The molecule has 1 aliphatic carbocycles. The molecule has 1 heterocycles. The number of halogens is 1. The third-order valence-corrected chi connectivity index (χ3v) is 7.51. The van der Waals surface area contributed by atoms with Crippen LogP contribution in [-0.2, 0) is 14.8 Å². The summed E-state index contributed by atoms with van der Waals surface area (Å²) in [5.74, 6) is -0.123. The van der Waals surface area contributed by atoms with Crippen molar-refractivity contribution in [3.8, 4) is 0 Å². The van der Waals surface area contributed by atoms with Gasteiger partial charge >= 0.3 is 0 Å². The van der Waals surface area contributed by atoms with Gasteiger partial charge in [0.1, 0.15) is 6.04 Å². The van der Waals surface area contributed by atoms with Crippen molar-refractivity contribution in [1.82, 2.24) is 10.6 Å². The molecule has 2 fully saturated rings. The topological polar surface area (TPSA) is 87.3 Å². The van der Waals surface area contributed by atoms with Crippen LogP contribution in [0.4, 0.5) is 5.69 Å². The van der Waals surface area contributed by atoms with Crippen molar-refractivity contribution < 1.29 is 13.2 Å².